The number of anilines is 1. The van der Waals surface area contributed by atoms with Crippen molar-refractivity contribution in [3.05, 3.63) is 58.6 Å². The van der Waals surface area contributed by atoms with Gasteiger partial charge in [0.2, 0.25) is 0 Å². The standard InChI is InChI=1S/C22H20ClN3O/c1-2-25-9-11-26(12-10-25)22-20-15-8-7-14(23)13-17(15)21(27)19(20)16-5-3-4-6-18(16)24-22/h3-8,13H,2,9-12H2,1H3. The van der Waals surface area contributed by atoms with E-state index in [1.165, 1.54) is 0 Å². The third-order valence-electron chi connectivity index (χ3n) is 5.72. The average molecular weight is 378 g/mol. The number of carbonyl (C=O) groups is 1. The van der Waals surface area contributed by atoms with Gasteiger partial charge >= 0.3 is 0 Å². The molecule has 2 heterocycles. The predicted octanol–water partition coefficient (Wildman–Crippen LogP) is 4.24. The number of benzene rings is 2. The van der Waals surface area contributed by atoms with Gasteiger partial charge in [-0.3, -0.25) is 4.79 Å². The SMILES string of the molecule is CCN1CCN(c2nc3ccccc3c3c2-c2ccc(Cl)cc2C3=O)CC1. The van der Waals surface area contributed by atoms with Crippen molar-refractivity contribution in [3.8, 4) is 11.1 Å². The second kappa shape index (κ2) is 6.32. The fraction of sp³-hybridized carbons (Fsp3) is 0.273. The molecule has 0 amide bonds. The Balaban J connectivity index is 1.75. The molecule has 0 radical (unpaired) electrons. The summed E-state index contributed by atoms with van der Waals surface area (Å²) in [6.45, 7) is 7.13. The van der Waals surface area contributed by atoms with E-state index in [0.717, 1.165) is 66.1 Å². The van der Waals surface area contributed by atoms with Crippen molar-refractivity contribution in [2.24, 2.45) is 0 Å². The summed E-state index contributed by atoms with van der Waals surface area (Å²) in [4.78, 5) is 23.0. The third-order valence-corrected chi connectivity index (χ3v) is 5.95. The van der Waals surface area contributed by atoms with Gasteiger partial charge in [0.25, 0.3) is 0 Å². The molecule has 0 atom stereocenters. The maximum atomic E-state index is 13.3. The number of ketones is 1. The van der Waals surface area contributed by atoms with E-state index in [1.54, 1.807) is 6.07 Å². The van der Waals surface area contributed by atoms with E-state index >= 15 is 0 Å². The zero-order valence-electron chi connectivity index (χ0n) is 15.2. The van der Waals surface area contributed by atoms with E-state index in [9.17, 15) is 4.79 Å². The number of piperazine rings is 1. The lowest BCUT2D eigenvalue weighted by Crippen LogP contribution is -2.46. The van der Waals surface area contributed by atoms with Crippen LogP contribution < -0.4 is 4.90 Å². The number of carbonyl (C=O) groups excluding carboxylic acids is 1. The van der Waals surface area contributed by atoms with Crippen molar-refractivity contribution in [1.82, 2.24) is 9.88 Å². The largest absolute Gasteiger partial charge is 0.353 e. The van der Waals surface area contributed by atoms with Gasteiger partial charge in [0, 0.05) is 53.3 Å². The molecule has 2 aromatic carbocycles. The molecule has 0 unspecified atom stereocenters. The molecule has 1 aliphatic carbocycles. The van der Waals surface area contributed by atoms with Crippen LogP contribution in [0.1, 0.15) is 22.8 Å². The summed E-state index contributed by atoms with van der Waals surface area (Å²) in [5.41, 5.74) is 4.24. The number of hydrogen-bond acceptors (Lipinski definition) is 4. The van der Waals surface area contributed by atoms with Crippen LogP contribution in [0.2, 0.25) is 5.02 Å². The number of fused-ring (bicyclic) bond motifs is 5. The van der Waals surface area contributed by atoms with Gasteiger partial charge in [0.15, 0.2) is 5.78 Å². The van der Waals surface area contributed by atoms with Crippen LogP contribution >= 0.6 is 11.6 Å². The van der Waals surface area contributed by atoms with E-state index in [-0.39, 0.29) is 5.78 Å². The topological polar surface area (TPSA) is 36.4 Å². The molecule has 136 valence electrons. The first-order valence-electron chi connectivity index (χ1n) is 9.42. The number of pyridine rings is 1. The number of rotatable bonds is 2. The van der Waals surface area contributed by atoms with Gasteiger partial charge in [-0.25, -0.2) is 4.98 Å². The highest BCUT2D eigenvalue weighted by molar-refractivity contribution is 6.33. The quantitative estimate of drug-likeness (QED) is 0.523. The minimum Gasteiger partial charge on any atom is -0.353 e. The van der Waals surface area contributed by atoms with E-state index in [2.05, 4.69) is 16.7 Å². The highest BCUT2D eigenvalue weighted by Gasteiger charge is 2.34. The van der Waals surface area contributed by atoms with Crippen LogP contribution in [0.4, 0.5) is 5.82 Å². The number of nitrogens with zero attached hydrogens (tertiary/aromatic N) is 3. The van der Waals surface area contributed by atoms with Gasteiger partial charge in [0.05, 0.1) is 5.52 Å². The van der Waals surface area contributed by atoms with Gasteiger partial charge < -0.3 is 9.80 Å². The molecular weight excluding hydrogens is 358 g/mol. The molecule has 5 rings (SSSR count). The highest BCUT2D eigenvalue weighted by Crippen LogP contribution is 2.45. The van der Waals surface area contributed by atoms with Crippen molar-refractivity contribution >= 4 is 34.1 Å². The van der Waals surface area contributed by atoms with Gasteiger partial charge in [-0.15, -0.1) is 0 Å². The number of halogens is 1. The maximum absolute atomic E-state index is 13.3. The van der Waals surface area contributed by atoms with Crippen LogP contribution in [0.3, 0.4) is 0 Å². The first kappa shape index (κ1) is 16.7. The average Bonchev–Trinajstić information content (AvgIpc) is 3.00. The lowest BCUT2D eigenvalue weighted by molar-refractivity contribution is 0.104. The minimum absolute atomic E-state index is 0.0505. The molecule has 4 nitrogen and oxygen atoms in total. The Bertz CT molecular complexity index is 1070. The highest BCUT2D eigenvalue weighted by atomic mass is 35.5. The minimum atomic E-state index is 0.0505. The van der Waals surface area contributed by atoms with E-state index in [4.69, 9.17) is 16.6 Å². The maximum Gasteiger partial charge on any atom is 0.195 e. The zero-order valence-corrected chi connectivity index (χ0v) is 16.0. The summed E-state index contributed by atoms with van der Waals surface area (Å²) < 4.78 is 0. The molecule has 0 spiro atoms. The molecule has 0 N–H and O–H groups in total. The first-order chi connectivity index (χ1) is 13.2. The third kappa shape index (κ3) is 2.55. The lowest BCUT2D eigenvalue weighted by atomic mass is 10.0. The Hall–Kier alpha value is -2.43. The summed E-state index contributed by atoms with van der Waals surface area (Å²) >= 11 is 6.19. The molecule has 1 aliphatic heterocycles. The second-order valence-corrected chi connectivity index (χ2v) is 7.58. The van der Waals surface area contributed by atoms with Crippen molar-refractivity contribution < 1.29 is 4.79 Å². The monoisotopic (exact) mass is 377 g/mol. The number of likely N-dealkylation sites (N-methyl/N-ethyl adjacent to an activating group) is 1. The summed E-state index contributed by atoms with van der Waals surface area (Å²) in [6.07, 6.45) is 0. The van der Waals surface area contributed by atoms with Crippen LogP contribution in [-0.2, 0) is 0 Å². The lowest BCUT2D eigenvalue weighted by Gasteiger charge is -2.35. The van der Waals surface area contributed by atoms with Crippen molar-refractivity contribution in [1.29, 1.82) is 0 Å². The Kier molecular flexibility index (Phi) is 3.92. The molecule has 27 heavy (non-hydrogen) atoms. The first-order valence-corrected chi connectivity index (χ1v) is 9.80. The van der Waals surface area contributed by atoms with Crippen molar-refractivity contribution in [2.45, 2.75) is 6.92 Å². The molecule has 0 saturated carbocycles. The smallest absolute Gasteiger partial charge is 0.195 e. The molecule has 3 aromatic rings. The summed E-state index contributed by atoms with van der Waals surface area (Å²) in [7, 11) is 0. The fourth-order valence-corrected chi connectivity index (χ4v) is 4.42. The van der Waals surface area contributed by atoms with Crippen LogP contribution in [0.25, 0.3) is 22.0 Å². The molecule has 1 aromatic heterocycles. The Morgan fingerprint density at radius 1 is 1.00 bits per heavy atom. The number of hydrogen-bond donors (Lipinski definition) is 0. The van der Waals surface area contributed by atoms with Gasteiger partial charge in [-0.1, -0.05) is 42.8 Å². The summed E-state index contributed by atoms with van der Waals surface area (Å²) in [5.74, 6) is 0.975. The van der Waals surface area contributed by atoms with Gasteiger partial charge in [-0.05, 0) is 30.3 Å². The number of para-hydroxylation sites is 1. The molecule has 0 bridgehead atoms. The number of aromatic nitrogens is 1. The molecule has 5 heteroatoms. The zero-order chi connectivity index (χ0) is 18.5. The molecule has 1 fully saturated rings. The van der Waals surface area contributed by atoms with Gasteiger partial charge in [-0.2, -0.15) is 0 Å². The Morgan fingerprint density at radius 3 is 2.56 bits per heavy atom. The fourth-order valence-electron chi connectivity index (χ4n) is 4.25. The van der Waals surface area contributed by atoms with E-state index in [1.807, 2.05) is 36.4 Å². The predicted molar refractivity (Wildman–Crippen MR) is 110 cm³/mol. The normalized spacial score (nSPS) is 16.7. The van der Waals surface area contributed by atoms with Crippen LogP contribution in [0.15, 0.2) is 42.5 Å². The van der Waals surface area contributed by atoms with Crippen molar-refractivity contribution in [3.63, 3.8) is 0 Å². The Morgan fingerprint density at radius 2 is 1.78 bits per heavy atom. The second-order valence-electron chi connectivity index (χ2n) is 7.14. The van der Waals surface area contributed by atoms with Crippen LogP contribution in [0, 0.1) is 0 Å². The molecule has 1 saturated heterocycles. The van der Waals surface area contributed by atoms with E-state index in [0.29, 0.717) is 10.6 Å². The Labute approximate surface area is 163 Å². The van der Waals surface area contributed by atoms with E-state index < -0.39 is 0 Å². The van der Waals surface area contributed by atoms with Crippen molar-refractivity contribution in [2.75, 3.05) is 37.6 Å². The summed E-state index contributed by atoms with van der Waals surface area (Å²) in [6, 6.07) is 13.5. The van der Waals surface area contributed by atoms with Crippen LogP contribution in [0.5, 0.6) is 0 Å². The molecular formula is C22H20ClN3O. The van der Waals surface area contributed by atoms with Crippen LogP contribution in [-0.4, -0.2) is 48.4 Å². The van der Waals surface area contributed by atoms with Gasteiger partial charge in [0.1, 0.15) is 5.82 Å². The summed E-state index contributed by atoms with van der Waals surface area (Å²) in [5, 5.41) is 1.51. The molecule has 2 aliphatic rings.